The third kappa shape index (κ3) is 4.74. The number of nitrogens with one attached hydrogen (secondary N) is 2. The van der Waals surface area contributed by atoms with E-state index in [9.17, 15) is 18.4 Å². The van der Waals surface area contributed by atoms with Gasteiger partial charge >= 0.3 is 0 Å². The van der Waals surface area contributed by atoms with Gasteiger partial charge in [-0.2, -0.15) is 0 Å². The van der Waals surface area contributed by atoms with E-state index in [1.165, 1.54) is 24.3 Å². The number of hydrogen-bond acceptors (Lipinski definition) is 2. The number of rotatable bonds is 4. The Labute approximate surface area is 163 Å². The molecule has 2 N–H and O–H groups in total. The first-order valence-electron chi connectivity index (χ1n) is 9.47. The maximum Gasteiger partial charge on any atom is 0.227 e. The summed E-state index contributed by atoms with van der Waals surface area (Å²) in [5.41, 5.74) is 2.57. The summed E-state index contributed by atoms with van der Waals surface area (Å²) in [6.45, 7) is 3.49. The summed E-state index contributed by atoms with van der Waals surface area (Å²) in [4.78, 5) is 25.0. The monoisotopic (exact) mass is 386 g/mol. The van der Waals surface area contributed by atoms with E-state index in [2.05, 4.69) is 10.6 Å². The maximum atomic E-state index is 13.2. The average molecular weight is 386 g/mol. The molecule has 0 unspecified atom stereocenters. The molecule has 148 valence electrons. The summed E-state index contributed by atoms with van der Waals surface area (Å²) in [5.74, 6) is -1.19. The highest BCUT2D eigenvalue weighted by Gasteiger charge is 2.30. The van der Waals surface area contributed by atoms with Gasteiger partial charge in [-0.1, -0.05) is 0 Å². The number of carbonyl (C=O) groups is 2. The van der Waals surface area contributed by atoms with Crippen molar-refractivity contribution < 1.29 is 18.4 Å². The molecule has 1 fully saturated rings. The first-order valence-corrected chi connectivity index (χ1v) is 9.47. The Morgan fingerprint density at radius 3 is 1.43 bits per heavy atom. The Morgan fingerprint density at radius 2 is 1.11 bits per heavy atom. The molecule has 2 aromatic rings. The van der Waals surface area contributed by atoms with E-state index < -0.39 is 0 Å². The Kier molecular flexibility index (Phi) is 6.07. The molecule has 6 heteroatoms. The SMILES string of the molecule is Cc1cc(F)ccc1NC(=O)C1CCC(C(=O)Nc2ccc(F)cc2C)CC1. The van der Waals surface area contributed by atoms with Gasteiger partial charge in [0.05, 0.1) is 0 Å². The maximum absolute atomic E-state index is 13.2. The van der Waals surface area contributed by atoms with Crippen LogP contribution in [-0.2, 0) is 9.59 Å². The largest absolute Gasteiger partial charge is 0.326 e. The fourth-order valence-corrected chi connectivity index (χ4v) is 3.62. The van der Waals surface area contributed by atoms with Crippen LogP contribution < -0.4 is 10.6 Å². The molecule has 0 heterocycles. The summed E-state index contributed by atoms with van der Waals surface area (Å²) < 4.78 is 26.4. The van der Waals surface area contributed by atoms with Gasteiger partial charge < -0.3 is 10.6 Å². The van der Waals surface area contributed by atoms with Crippen LogP contribution in [0, 0.1) is 37.3 Å². The van der Waals surface area contributed by atoms with Crippen molar-refractivity contribution in [1.29, 1.82) is 0 Å². The molecule has 4 nitrogen and oxygen atoms in total. The molecule has 0 atom stereocenters. The van der Waals surface area contributed by atoms with Gasteiger partial charge in [-0.25, -0.2) is 8.78 Å². The molecule has 2 aromatic carbocycles. The van der Waals surface area contributed by atoms with Crippen molar-refractivity contribution in [3.05, 3.63) is 59.2 Å². The molecule has 2 amide bonds. The molecular formula is C22H24F2N2O2. The number of anilines is 2. The number of amides is 2. The number of aryl methyl sites for hydroxylation is 2. The van der Waals surface area contributed by atoms with Crippen molar-refractivity contribution in [2.24, 2.45) is 11.8 Å². The molecule has 0 aromatic heterocycles. The Morgan fingerprint density at radius 1 is 0.750 bits per heavy atom. The van der Waals surface area contributed by atoms with E-state index in [1.54, 1.807) is 26.0 Å². The average Bonchev–Trinajstić information content (AvgIpc) is 2.66. The lowest BCUT2D eigenvalue weighted by Gasteiger charge is -2.27. The van der Waals surface area contributed by atoms with Crippen LogP contribution in [0.3, 0.4) is 0 Å². The second-order valence-corrected chi connectivity index (χ2v) is 7.45. The fraction of sp³-hybridized carbons (Fsp3) is 0.364. The van der Waals surface area contributed by atoms with Gasteiger partial charge in [0, 0.05) is 23.2 Å². The van der Waals surface area contributed by atoms with E-state index in [0.717, 1.165) is 0 Å². The lowest BCUT2D eigenvalue weighted by molar-refractivity contribution is -0.125. The van der Waals surface area contributed by atoms with Gasteiger partial charge in [0.25, 0.3) is 0 Å². The number of benzene rings is 2. The molecule has 0 spiro atoms. The van der Waals surface area contributed by atoms with Crippen molar-refractivity contribution in [3.63, 3.8) is 0 Å². The van der Waals surface area contributed by atoms with Crippen LogP contribution in [0.1, 0.15) is 36.8 Å². The van der Waals surface area contributed by atoms with Gasteiger partial charge in [-0.05, 0) is 87.1 Å². The molecule has 3 rings (SSSR count). The minimum Gasteiger partial charge on any atom is -0.326 e. The van der Waals surface area contributed by atoms with Gasteiger partial charge in [-0.3, -0.25) is 9.59 Å². The Hall–Kier alpha value is -2.76. The van der Waals surface area contributed by atoms with Crippen LogP contribution in [-0.4, -0.2) is 11.8 Å². The topological polar surface area (TPSA) is 58.2 Å². The minimum atomic E-state index is -0.335. The van der Waals surface area contributed by atoms with Crippen LogP contribution in [0.25, 0.3) is 0 Å². The van der Waals surface area contributed by atoms with Crippen LogP contribution in [0.15, 0.2) is 36.4 Å². The zero-order chi connectivity index (χ0) is 20.3. The third-order valence-corrected chi connectivity index (χ3v) is 5.36. The Bertz CT molecular complexity index is 817. The van der Waals surface area contributed by atoms with Crippen molar-refractivity contribution in [2.75, 3.05) is 10.6 Å². The molecular weight excluding hydrogens is 362 g/mol. The highest BCUT2D eigenvalue weighted by molar-refractivity contribution is 5.95. The van der Waals surface area contributed by atoms with Crippen molar-refractivity contribution in [3.8, 4) is 0 Å². The second kappa shape index (κ2) is 8.50. The van der Waals surface area contributed by atoms with E-state index in [4.69, 9.17) is 0 Å². The van der Waals surface area contributed by atoms with Crippen molar-refractivity contribution >= 4 is 23.2 Å². The second-order valence-electron chi connectivity index (χ2n) is 7.45. The number of halogens is 2. The smallest absolute Gasteiger partial charge is 0.227 e. The van der Waals surface area contributed by atoms with Crippen molar-refractivity contribution in [1.82, 2.24) is 0 Å². The predicted molar refractivity (Wildman–Crippen MR) is 105 cm³/mol. The predicted octanol–water partition coefficient (Wildman–Crippen LogP) is 4.97. The summed E-state index contributed by atoms with van der Waals surface area (Å²) in [6.07, 6.45) is 2.47. The van der Waals surface area contributed by atoms with Crippen molar-refractivity contribution in [2.45, 2.75) is 39.5 Å². The summed E-state index contributed by atoms with van der Waals surface area (Å²) >= 11 is 0. The first kappa shape index (κ1) is 20.0. The van der Waals surface area contributed by atoms with Gasteiger partial charge in [0.2, 0.25) is 11.8 Å². The molecule has 28 heavy (non-hydrogen) atoms. The third-order valence-electron chi connectivity index (χ3n) is 5.36. The molecule has 1 aliphatic carbocycles. The standard InChI is InChI=1S/C22H24F2N2O2/c1-13-11-17(23)7-9-19(13)25-21(27)15-3-5-16(6-4-15)22(28)26-20-10-8-18(24)12-14(20)2/h7-12,15-16H,3-6H2,1-2H3,(H,25,27)(H,26,28). The molecule has 0 radical (unpaired) electrons. The van der Waals surface area contributed by atoms with Crippen LogP contribution in [0.5, 0.6) is 0 Å². The first-order chi connectivity index (χ1) is 13.3. The van der Waals surface area contributed by atoms with E-state index in [0.29, 0.717) is 48.2 Å². The van der Waals surface area contributed by atoms with Gasteiger partial charge in [0.1, 0.15) is 11.6 Å². The molecule has 0 saturated heterocycles. The summed E-state index contributed by atoms with van der Waals surface area (Å²) in [5, 5.41) is 5.72. The van der Waals surface area contributed by atoms with Gasteiger partial charge in [-0.15, -0.1) is 0 Å². The van der Waals surface area contributed by atoms with Crippen LogP contribution in [0.4, 0.5) is 20.2 Å². The summed E-state index contributed by atoms with van der Waals surface area (Å²) in [7, 11) is 0. The quantitative estimate of drug-likeness (QED) is 0.780. The summed E-state index contributed by atoms with van der Waals surface area (Å²) in [6, 6.07) is 8.53. The lowest BCUT2D eigenvalue weighted by atomic mass is 9.81. The van der Waals surface area contributed by atoms with Gasteiger partial charge in [0.15, 0.2) is 0 Å². The van der Waals surface area contributed by atoms with E-state index in [-0.39, 0.29) is 35.3 Å². The Balaban J connectivity index is 1.53. The highest BCUT2D eigenvalue weighted by atomic mass is 19.1. The van der Waals surface area contributed by atoms with E-state index in [1.807, 2.05) is 0 Å². The molecule has 0 aliphatic heterocycles. The molecule has 1 aliphatic rings. The van der Waals surface area contributed by atoms with Crippen LogP contribution >= 0.6 is 0 Å². The lowest BCUT2D eigenvalue weighted by Crippen LogP contribution is -2.32. The number of hydrogen-bond donors (Lipinski definition) is 2. The number of carbonyl (C=O) groups excluding carboxylic acids is 2. The fourth-order valence-electron chi connectivity index (χ4n) is 3.62. The highest BCUT2D eigenvalue weighted by Crippen LogP contribution is 2.31. The zero-order valence-corrected chi connectivity index (χ0v) is 16.0. The minimum absolute atomic E-state index is 0.0945. The van der Waals surface area contributed by atoms with Crippen LogP contribution in [0.2, 0.25) is 0 Å². The molecule has 0 bridgehead atoms. The zero-order valence-electron chi connectivity index (χ0n) is 16.0. The molecule has 1 saturated carbocycles. The normalized spacial score (nSPS) is 19.1. The van der Waals surface area contributed by atoms with E-state index >= 15 is 0 Å².